The summed E-state index contributed by atoms with van der Waals surface area (Å²) in [5.74, 6) is 1.61. The number of nitrogens with one attached hydrogen (secondary N) is 2. The maximum Gasteiger partial charge on any atom is 0.191 e. The minimum atomic E-state index is 0.375. The van der Waals surface area contributed by atoms with Gasteiger partial charge in [0, 0.05) is 45.5 Å². The van der Waals surface area contributed by atoms with E-state index in [2.05, 4.69) is 68.0 Å². The highest BCUT2D eigenvalue weighted by atomic mass is 16.5. The van der Waals surface area contributed by atoms with Crippen LogP contribution in [-0.4, -0.2) is 64.3 Å². The molecule has 2 N–H and O–H groups in total. The maximum absolute atomic E-state index is 6.14. The average molecular weight is 450 g/mol. The SMILES string of the molecule is CCNC(=NCc1nnc2ccccn12)NCCCOC1CCN(Cc2ccccc2)CC1. The zero-order valence-electron chi connectivity index (χ0n) is 19.5. The van der Waals surface area contributed by atoms with E-state index >= 15 is 0 Å². The minimum Gasteiger partial charge on any atom is -0.378 e. The van der Waals surface area contributed by atoms with Crippen molar-refractivity contribution < 1.29 is 4.74 Å². The van der Waals surface area contributed by atoms with Gasteiger partial charge in [-0.3, -0.25) is 9.30 Å². The van der Waals surface area contributed by atoms with Gasteiger partial charge in [0.2, 0.25) is 0 Å². The summed E-state index contributed by atoms with van der Waals surface area (Å²) in [4.78, 5) is 7.18. The van der Waals surface area contributed by atoms with E-state index < -0.39 is 0 Å². The number of pyridine rings is 1. The molecule has 8 nitrogen and oxygen atoms in total. The van der Waals surface area contributed by atoms with Crippen LogP contribution in [-0.2, 0) is 17.8 Å². The van der Waals surface area contributed by atoms with Crippen molar-refractivity contribution in [3.05, 3.63) is 66.1 Å². The van der Waals surface area contributed by atoms with Crippen LogP contribution in [0.1, 0.15) is 37.6 Å². The summed E-state index contributed by atoms with van der Waals surface area (Å²) in [5.41, 5.74) is 2.22. The minimum absolute atomic E-state index is 0.375. The Bertz CT molecular complexity index is 996. The summed E-state index contributed by atoms with van der Waals surface area (Å²) in [6.07, 6.45) is 5.50. The number of ether oxygens (including phenoxy) is 1. The highest BCUT2D eigenvalue weighted by Crippen LogP contribution is 2.16. The Morgan fingerprint density at radius 1 is 1.06 bits per heavy atom. The molecule has 3 heterocycles. The van der Waals surface area contributed by atoms with Gasteiger partial charge in [-0.15, -0.1) is 10.2 Å². The van der Waals surface area contributed by atoms with Crippen molar-refractivity contribution in [3.8, 4) is 0 Å². The second-order valence-electron chi connectivity index (χ2n) is 8.35. The van der Waals surface area contributed by atoms with Gasteiger partial charge in [0.25, 0.3) is 0 Å². The highest BCUT2D eigenvalue weighted by molar-refractivity contribution is 5.79. The van der Waals surface area contributed by atoms with Crippen molar-refractivity contribution in [1.29, 1.82) is 0 Å². The summed E-state index contributed by atoms with van der Waals surface area (Å²) in [6.45, 7) is 8.18. The van der Waals surface area contributed by atoms with E-state index in [0.717, 1.165) is 76.0 Å². The quantitative estimate of drug-likeness (QED) is 0.282. The molecule has 0 amide bonds. The monoisotopic (exact) mass is 449 g/mol. The molecule has 33 heavy (non-hydrogen) atoms. The average Bonchev–Trinajstić information content (AvgIpc) is 3.27. The van der Waals surface area contributed by atoms with Crippen LogP contribution in [0.25, 0.3) is 5.65 Å². The summed E-state index contributed by atoms with van der Waals surface area (Å²) in [6, 6.07) is 16.6. The van der Waals surface area contributed by atoms with E-state index in [1.54, 1.807) is 0 Å². The number of likely N-dealkylation sites (tertiary alicyclic amines) is 1. The summed E-state index contributed by atoms with van der Waals surface area (Å²) >= 11 is 0. The van der Waals surface area contributed by atoms with E-state index in [1.165, 1.54) is 5.56 Å². The Hall–Kier alpha value is -2.97. The molecule has 176 valence electrons. The van der Waals surface area contributed by atoms with Gasteiger partial charge in [0.15, 0.2) is 17.4 Å². The van der Waals surface area contributed by atoms with E-state index in [1.807, 2.05) is 28.8 Å². The fourth-order valence-corrected chi connectivity index (χ4v) is 4.09. The Morgan fingerprint density at radius 2 is 1.88 bits per heavy atom. The zero-order chi connectivity index (χ0) is 22.7. The lowest BCUT2D eigenvalue weighted by molar-refractivity contribution is 0.00534. The van der Waals surface area contributed by atoms with Crippen LogP contribution in [0.5, 0.6) is 0 Å². The normalized spacial score (nSPS) is 15.7. The van der Waals surface area contributed by atoms with E-state index in [4.69, 9.17) is 4.74 Å². The number of hydrogen-bond donors (Lipinski definition) is 2. The third-order valence-corrected chi connectivity index (χ3v) is 5.86. The molecule has 1 aliphatic heterocycles. The van der Waals surface area contributed by atoms with Gasteiger partial charge in [0.05, 0.1) is 6.10 Å². The van der Waals surface area contributed by atoms with Gasteiger partial charge in [-0.1, -0.05) is 36.4 Å². The fraction of sp³-hybridized carbons (Fsp3) is 0.480. The van der Waals surface area contributed by atoms with Crippen LogP contribution < -0.4 is 10.6 Å². The number of benzene rings is 1. The van der Waals surface area contributed by atoms with Gasteiger partial charge in [0.1, 0.15) is 6.54 Å². The lowest BCUT2D eigenvalue weighted by Crippen LogP contribution is -2.38. The molecule has 0 bridgehead atoms. The molecule has 2 aromatic heterocycles. The number of aromatic nitrogens is 3. The summed E-state index contributed by atoms with van der Waals surface area (Å²) in [5, 5.41) is 15.1. The molecule has 0 aliphatic carbocycles. The molecule has 0 saturated carbocycles. The number of nitrogens with zero attached hydrogens (tertiary/aromatic N) is 5. The number of fused-ring (bicyclic) bond motifs is 1. The van der Waals surface area contributed by atoms with E-state index in [9.17, 15) is 0 Å². The Balaban J connectivity index is 1.13. The van der Waals surface area contributed by atoms with Crippen molar-refractivity contribution in [1.82, 2.24) is 30.1 Å². The van der Waals surface area contributed by atoms with Crippen LogP contribution in [0.2, 0.25) is 0 Å². The second-order valence-corrected chi connectivity index (χ2v) is 8.35. The maximum atomic E-state index is 6.14. The summed E-state index contributed by atoms with van der Waals surface area (Å²) in [7, 11) is 0. The number of piperidine rings is 1. The lowest BCUT2D eigenvalue weighted by Gasteiger charge is -2.32. The number of hydrogen-bond acceptors (Lipinski definition) is 5. The van der Waals surface area contributed by atoms with Crippen LogP contribution >= 0.6 is 0 Å². The number of rotatable bonds is 10. The first-order valence-electron chi connectivity index (χ1n) is 12.0. The second kappa shape index (κ2) is 12.3. The Morgan fingerprint density at radius 3 is 2.70 bits per heavy atom. The largest absolute Gasteiger partial charge is 0.378 e. The van der Waals surface area contributed by atoms with Crippen molar-refractivity contribution in [2.45, 2.75) is 45.4 Å². The van der Waals surface area contributed by atoms with E-state index in [-0.39, 0.29) is 0 Å². The Kier molecular flexibility index (Phi) is 8.66. The van der Waals surface area contributed by atoms with Crippen molar-refractivity contribution >= 4 is 11.6 Å². The first-order chi connectivity index (χ1) is 16.3. The van der Waals surface area contributed by atoms with Gasteiger partial charge in [-0.05, 0) is 43.9 Å². The third kappa shape index (κ3) is 7.00. The fourth-order valence-electron chi connectivity index (χ4n) is 4.09. The van der Waals surface area contributed by atoms with E-state index in [0.29, 0.717) is 12.6 Å². The number of guanidine groups is 1. The molecule has 1 saturated heterocycles. The topological polar surface area (TPSA) is 79.1 Å². The van der Waals surface area contributed by atoms with Crippen LogP contribution in [0.4, 0.5) is 0 Å². The molecule has 4 rings (SSSR count). The van der Waals surface area contributed by atoms with Gasteiger partial charge < -0.3 is 15.4 Å². The number of aliphatic imine (C=N–C) groups is 1. The molecular formula is C25H35N7O. The van der Waals surface area contributed by atoms with Gasteiger partial charge in [-0.25, -0.2) is 4.99 Å². The smallest absolute Gasteiger partial charge is 0.191 e. The molecule has 1 fully saturated rings. The molecule has 0 unspecified atom stereocenters. The Labute approximate surface area is 196 Å². The molecule has 0 spiro atoms. The molecule has 0 atom stereocenters. The van der Waals surface area contributed by atoms with Crippen LogP contribution in [0.3, 0.4) is 0 Å². The van der Waals surface area contributed by atoms with Crippen molar-refractivity contribution in [2.24, 2.45) is 4.99 Å². The molecule has 1 aliphatic rings. The molecule has 8 heteroatoms. The molecule has 1 aromatic carbocycles. The predicted molar refractivity (Wildman–Crippen MR) is 131 cm³/mol. The first-order valence-corrected chi connectivity index (χ1v) is 12.0. The first kappa shape index (κ1) is 23.2. The van der Waals surface area contributed by atoms with Gasteiger partial charge in [-0.2, -0.15) is 0 Å². The standard InChI is InChI=1S/C25H35N7O/c1-2-26-25(28-19-24-30-29-23-11-6-7-15-32(23)24)27-14-8-18-33-22-12-16-31(17-13-22)20-21-9-4-3-5-10-21/h3-7,9-11,15,22H,2,8,12-14,16-20H2,1H3,(H2,26,27,28). The third-order valence-electron chi connectivity index (χ3n) is 5.86. The van der Waals surface area contributed by atoms with Crippen molar-refractivity contribution in [3.63, 3.8) is 0 Å². The summed E-state index contributed by atoms with van der Waals surface area (Å²) < 4.78 is 8.11. The van der Waals surface area contributed by atoms with Crippen molar-refractivity contribution in [2.75, 3.05) is 32.8 Å². The van der Waals surface area contributed by atoms with Gasteiger partial charge >= 0.3 is 0 Å². The molecule has 0 radical (unpaired) electrons. The highest BCUT2D eigenvalue weighted by Gasteiger charge is 2.19. The predicted octanol–water partition coefficient (Wildman–Crippen LogP) is 2.86. The van der Waals surface area contributed by atoms with Crippen LogP contribution in [0, 0.1) is 0 Å². The van der Waals surface area contributed by atoms with Crippen LogP contribution in [0.15, 0.2) is 59.7 Å². The zero-order valence-corrected chi connectivity index (χ0v) is 19.5. The lowest BCUT2D eigenvalue weighted by atomic mass is 10.1. The molecular weight excluding hydrogens is 414 g/mol. The molecule has 3 aromatic rings.